The lowest BCUT2D eigenvalue weighted by molar-refractivity contribution is -0.149. The van der Waals surface area contributed by atoms with Crippen LogP contribution in [0.25, 0.3) is 0 Å². The molecule has 20 heavy (non-hydrogen) atoms. The predicted octanol–water partition coefficient (Wildman–Crippen LogP) is 0.582. The summed E-state index contributed by atoms with van der Waals surface area (Å²) in [6.07, 6.45) is 3.42. The highest BCUT2D eigenvalue weighted by Crippen LogP contribution is 2.25. The number of Topliss-reactive ketones (excluding diaryl/α,β-unsaturated/α-hetero) is 1. The summed E-state index contributed by atoms with van der Waals surface area (Å²) in [5, 5.41) is 2.71. The second kappa shape index (κ2) is 6.83. The van der Waals surface area contributed by atoms with E-state index in [1.165, 1.54) is 7.11 Å². The van der Waals surface area contributed by atoms with E-state index in [0.717, 1.165) is 19.3 Å². The van der Waals surface area contributed by atoms with Crippen LogP contribution in [-0.4, -0.2) is 43.5 Å². The van der Waals surface area contributed by atoms with Crippen LogP contribution in [0.1, 0.15) is 38.5 Å². The first-order valence-electron chi connectivity index (χ1n) is 7.13. The van der Waals surface area contributed by atoms with Gasteiger partial charge in [0.2, 0.25) is 5.91 Å². The molecule has 0 spiro atoms. The fraction of sp³-hybridized carbons (Fsp3) is 0.786. The van der Waals surface area contributed by atoms with Gasteiger partial charge in [-0.2, -0.15) is 0 Å². The topological polar surface area (TPSA) is 81.7 Å². The summed E-state index contributed by atoms with van der Waals surface area (Å²) >= 11 is 0. The van der Waals surface area contributed by atoms with E-state index in [1.54, 1.807) is 0 Å². The largest absolute Gasteiger partial charge is 0.467 e. The number of ketones is 1. The molecule has 0 unspecified atom stereocenters. The second-order valence-corrected chi connectivity index (χ2v) is 5.41. The van der Waals surface area contributed by atoms with Crippen molar-refractivity contribution in [2.45, 2.75) is 50.7 Å². The van der Waals surface area contributed by atoms with Gasteiger partial charge in [-0.1, -0.05) is 0 Å². The Balaban J connectivity index is 2.01. The van der Waals surface area contributed by atoms with Crippen molar-refractivity contribution in [3.63, 3.8) is 0 Å². The smallest absolute Gasteiger partial charge is 0.328 e. The average Bonchev–Trinajstić information content (AvgIpc) is 2.98. The molecule has 1 saturated carbocycles. The Labute approximate surface area is 118 Å². The van der Waals surface area contributed by atoms with Gasteiger partial charge in [0.05, 0.1) is 7.11 Å². The molecule has 0 aromatic carbocycles. The third-order valence-electron chi connectivity index (χ3n) is 3.97. The van der Waals surface area contributed by atoms with Gasteiger partial charge in [0, 0.05) is 19.4 Å². The van der Waals surface area contributed by atoms with Gasteiger partial charge in [0.25, 0.3) is 0 Å². The Bertz CT molecular complexity index is 389. The third kappa shape index (κ3) is 3.56. The summed E-state index contributed by atoms with van der Waals surface area (Å²) in [7, 11) is 1.29. The molecule has 1 N–H and O–H groups in total. The van der Waals surface area contributed by atoms with Crippen LogP contribution in [0.4, 0.5) is 0 Å². The number of methoxy groups -OCH3 is 1. The lowest BCUT2D eigenvalue weighted by atomic mass is 9.83. The molecular formula is C14H21NO5. The lowest BCUT2D eigenvalue weighted by Gasteiger charge is -2.29. The van der Waals surface area contributed by atoms with Crippen LogP contribution in [0.15, 0.2) is 0 Å². The number of ether oxygens (including phenoxy) is 2. The third-order valence-corrected chi connectivity index (χ3v) is 3.97. The van der Waals surface area contributed by atoms with Crippen molar-refractivity contribution < 1.29 is 23.9 Å². The number of carbonyl (C=O) groups is 3. The van der Waals surface area contributed by atoms with Crippen molar-refractivity contribution in [2.75, 3.05) is 13.7 Å². The lowest BCUT2D eigenvalue weighted by Crippen LogP contribution is -2.50. The summed E-state index contributed by atoms with van der Waals surface area (Å²) in [6.45, 7) is 0.572. The van der Waals surface area contributed by atoms with Crippen LogP contribution in [0, 0.1) is 5.92 Å². The molecule has 6 nitrogen and oxygen atoms in total. The zero-order valence-electron chi connectivity index (χ0n) is 11.7. The van der Waals surface area contributed by atoms with Crippen LogP contribution in [0.2, 0.25) is 0 Å². The van der Waals surface area contributed by atoms with Gasteiger partial charge in [-0.15, -0.1) is 0 Å². The molecule has 0 aromatic rings. The van der Waals surface area contributed by atoms with Crippen LogP contribution >= 0.6 is 0 Å². The molecule has 0 radical (unpaired) electrons. The maximum atomic E-state index is 12.1. The highest BCUT2D eigenvalue weighted by molar-refractivity contribution is 5.88. The number of nitrogens with one attached hydrogen (secondary N) is 1. The highest BCUT2D eigenvalue weighted by atomic mass is 16.5. The predicted molar refractivity (Wildman–Crippen MR) is 69.9 cm³/mol. The standard InChI is InChI=1S/C14H21NO5/c1-19-14(18)12(9-4-2-5-10(16)8-9)15-13(17)11-6-3-7-20-11/h9,11-12H,2-8H2,1H3,(H,15,17)/t9-,11+,12-/m1/s1. The fourth-order valence-electron chi connectivity index (χ4n) is 2.87. The van der Waals surface area contributed by atoms with Crippen molar-refractivity contribution in [1.82, 2.24) is 5.32 Å². The summed E-state index contributed by atoms with van der Waals surface area (Å²) in [5.41, 5.74) is 0. The Morgan fingerprint density at radius 1 is 1.35 bits per heavy atom. The summed E-state index contributed by atoms with van der Waals surface area (Å²) < 4.78 is 10.1. The monoisotopic (exact) mass is 283 g/mol. The fourth-order valence-corrected chi connectivity index (χ4v) is 2.87. The number of rotatable bonds is 4. The minimum atomic E-state index is -0.749. The van der Waals surface area contributed by atoms with Gasteiger partial charge >= 0.3 is 5.97 Å². The summed E-state index contributed by atoms with van der Waals surface area (Å²) in [6, 6.07) is -0.749. The molecule has 3 atom stereocenters. The second-order valence-electron chi connectivity index (χ2n) is 5.41. The van der Waals surface area contributed by atoms with Gasteiger partial charge in [-0.25, -0.2) is 4.79 Å². The van der Waals surface area contributed by atoms with E-state index in [0.29, 0.717) is 25.9 Å². The van der Waals surface area contributed by atoms with Crippen molar-refractivity contribution in [1.29, 1.82) is 0 Å². The van der Waals surface area contributed by atoms with Gasteiger partial charge in [0.1, 0.15) is 17.9 Å². The summed E-state index contributed by atoms with van der Waals surface area (Å²) in [5.74, 6) is -0.803. The SMILES string of the molecule is COC(=O)[C@H](NC(=O)[C@@H]1CCCO1)[C@@H]1CCCC(=O)C1. The molecule has 1 aliphatic carbocycles. The number of hydrogen-bond acceptors (Lipinski definition) is 5. The van der Waals surface area contributed by atoms with Crippen LogP contribution < -0.4 is 5.32 Å². The molecule has 6 heteroatoms. The first-order valence-corrected chi connectivity index (χ1v) is 7.13. The van der Waals surface area contributed by atoms with E-state index in [2.05, 4.69) is 5.32 Å². The first kappa shape index (κ1) is 15.0. The van der Waals surface area contributed by atoms with Crippen molar-refractivity contribution in [3.05, 3.63) is 0 Å². The zero-order valence-corrected chi connectivity index (χ0v) is 11.7. The number of carbonyl (C=O) groups excluding carboxylic acids is 3. The van der Waals surface area contributed by atoms with Crippen molar-refractivity contribution >= 4 is 17.7 Å². The molecule has 0 aromatic heterocycles. The van der Waals surface area contributed by atoms with Crippen LogP contribution in [0.3, 0.4) is 0 Å². The van der Waals surface area contributed by atoms with E-state index >= 15 is 0 Å². The molecule has 2 aliphatic rings. The van der Waals surface area contributed by atoms with E-state index in [9.17, 15) is 14.4 Å². The van der Waals surface area contributed by atoms with Gasteiger partial charge in [0.15, 0.2) is 0 Å². The minimum absolute atomic E-state index is 0.140. The minimum Gasteiger partial charge on any atom is -0.467 e. The number of hydrogen-bond donors (Lipinski definition) is 1. The highest BCUT2D eigenvalue weighted by Gasteiger charge is 2.36. The Morgan fingerprint density at radius 3 is 2.75 bits per heavy atom. The van der Waals surface area contributed by atoms with Gasteiger partial charge in [-0.05, 0) is 31.6 Å². The van der Waals surface area contributed by atoms with E-state index < -0.39 is 18.1 Å². The Kier molecular flexibility index (Phi) is 5.11. The maximum Gasteiger partial charge on any atom is 0.328 e. The number of amides is 1. The van der Waals surface area contributed by atoms with Crippen molar-refractivity contribution in [2.24, 2.45) is 5.92 Å². The van der Waals surface area contributed by atoms with Gasteiger partial charge < -0.3 is 14.8 Å². The molecule has 2 fully saturated rings. The molecule has 1 saturated heterocycles. The van der Waals surface area contributed by atoms with Crippen LogP contribution in [0.5, 0.6) is 0 Å². The molecule has 1 amide bonds. The molecule has 1 aliphatic heterocycles. The first-order chi connectivity index (χ1) is 9.61. The van der Waals surface area contributed by atoms with E-state index in [-0.39, 0.29) is 17.6 Å². The maximum absolute atomic E-state index is 12.1. The van der Waals surface area contributed by atoms with Crippen molar-refractivity contribution in [3.8, 4) is 0 Å². The quantitative estimate of drug-likeness (QED) is 0.763. The van der Waals surface area contributed by atoms with E-state index in [1.807, 2.05) is 0 Å². The van der Waals surface area contributed by atoms with Crippen LogP contribution in [-0.2, 0) is 23.9 Å². The average molecular weight is 283 g/mol. The number of esters is 1. The summed E-state index contributed by atoms with van der Waals surface area (Å²) in [4.78, 5) is 35.5. The Morgan fingerprint density at radius 2 is 2.15 bits per heavy atom. The molecule has 1 heterocycles. The zero-order chi connectivity index (χ0) is 14.5. The molecule has 112 valence electrons. The molecular weight excluding hydrogens is 262 g/mol. The molecule has 2 rings (SSSR count). The molecule has 0 bridgehead atoms. The van der Waals surface area contributed by atoms with Gasteiger partial charge in [-0.3, -0.25) is 9.59 Å². The Hall–Kier alpha value is -1.43. The normalized spacial score (nSPS) is 27.9. The van der Waals surface area contributed by atoms with E-state index in [4.69, 9.17) is 9.47 Å².